The number of ether oxygens (including phenoxy) is 1. The number of aryl methyl sites for hydroxylation is 1. The van der Waals surface area contributed by atoms with Gasteiger partial charge in [-0.3, -0.25) is 5.10 Å². The first-order valence-corrected chi connectivity index (χ1v) is 7.59. The van der Waals surface area contributed by atoms with Crippen molar-refractivity contribution in [3.63, 3.8) is 0 Å². The van der Waals surface area contributed by atoms with Crippen molar-refractivity contribution < 1.29 is 4.74 Å². The van der Waals surface area contributed by atoms with E-state index >= 15 is 0 Å². The largest absolute Gasteiger partial charge is 0.490 e. The Kier molecular flexibility index (Phi) is 3.92. The van der Waals surface area contributed by atoms with Gasteiger partial charge in [-0.1, -0.05) is 6.92 Å². The fourth-order valence-corrected chi connectivity index (χ4v) is 3.01. The summed E-state index contributed by atoms with van der Waals surface area (Å²) in [6.07, 6.45) is 5.72. The molecule has 0 aliphatic carbocycles. The molecule has 1 aromatic carbocycles. The molecule has 0 spiro atoms. The SMILES string of the molecule is CCN1CCCC(Oc2ccc3[nH]ncc3c2C)CC1. The number of rotatable bonds is 3. The lowest BCUT2D eigenvalue weighted by atomic mass is 10.1. The van der Waals surface area contributed by atoms with E-state index in [0.29, 0.717) is 6.10 Å². The molecule has 0 bridgehead atoms. The number of hydrogen-bond donors (Lipinski definition) is 1. The topological polar surface area (TPSA) is 41.1 Å². The van der Waals surface area contributed by atoms with E-state index in [0.717, 1.165) is 42.6 Å². The number of H-pyrrole nitrogens is 1. The molecule has 108 valence electrons. The minimum Gasteiger partial charge on any atom is -0.490 e. The average Bonchev–Trinajstić information content (AvgIpc) is 2.83. The summed E-state index contributed by atoms with van der Waals surface area (Å²) in [6.45, 7) is 7.84. The highest BCUT2D eigenvalue weighted by atomic mass is 16.5. The maximum atomic E-state index is 6.27. The lowest BCUT2D eigenvalue weighted by Gasteiger charge is -2.20. The van der Waals surface area contributed by atoms with Gasteiger partial charge in [-0.15, -0.1) is 0 Å². The number of fused-ring (bicyclic) bond motifs is 1. The van der Waals surface area contributed by atoms with Crippen LogP contribution >= 0.6 is 0 Å². The molecule has 1 aliphatic heterocycles. The molecule has 1 atom stereocenters. The van der Waals surface area contributed by atoms with Gasteiger partial charge in [-0.25, -0.2) is 0 Å². The average molecular weight is 273 g/mol. The molecule has 4 heteroatoms. The van der Waals surface area contributed by atoms with E-state index in [-0.39, 0.29) is 0 Å². The number of nitrogens with one attached hydrogen (secondary N) is 1. The van der Waals surface area contributed by atoms with Crippen molar-refractivity contribution in [2.75, 3.05) is 19.6 Å². The minimum atomic E-state index is 0.342. The van der Waals surface area contributed by atoms with Gasteiger partial charge in [-0.05, 0) is 51.4 Å². The summed E-state index contributed by atoms with van der Waals surface area (Å²) in [5, 5.41) is 8.26. The van der Waals surface area contributed by atoms with Gasteiger partial charge in [0.15, 0.2) is 0 Å². The molecule has 1 unspecified atom stereocenters. The molecule has 1 saturated heterocycles. The number of likely N-dealkylation sites (tertiary alicyclic amines) is 1. The summed E-state index contributed by atoms with van der Waals surface area (Å²) in [6, 6.07) is 4.12. The summed E-state index contributed by atoms with van der Waals surface area (Å²) in [5.41, 5.74) is 2.26. The molecular weight excluding hydrogens is 250 g/mol. The summed E-state index contributed by atoms with van der Waals surface area (Å²) in [4.78, 5) is 2.51. The van der Waals surface area contributed by atoms with Gasteiger partial charge in [0.25, 0.3) is 0 Å². The zero-order valence-corrected chi connectivity index (χ0v) is 12.4. The van der Waals surface area contributed by atoms with Crippen LogP contribution < -0.4 is 4.74 Å². The van der Waals surface area contributed by atoms with E-state index in [9.17, 15) is 0 Å². The summed E-state index contributed by atoms with van der Waals surface area (Å²) >= 11 is 0. The van der Waals surface area contributed by atoms with Gasteiger partial charge in [0, 0.05) is 17.5 Å². The number of aromatic nitrogens is 2. The second-order valence-corrected chi connectivity index (χ2v) is 5.62. The molecule has 0 radical (unpaired) electrons. The zero-order chi connectivity index (χ0) is 13.9. The Morgan fingerprint density at radius 3 is 3.10 bits per heavy atom. The van der Waals surface area contributed by atoms with Gasteiger partial charge >= 0.3 is 0 Å². The Hall–Kier alpha value is -1.55. The van der Waals surface area contributed by atoms with Crippen LogP contribution in [0.25, 0.3) is 10.9 Å². The Morgan fingerprint density at radius 1 is 1.35 bits per heavy atom. The maximum Gasteiger partial charge on any atom is 0.123 e. The molecule has 1 N–H and O–H groups in total. The monoisotopic (exact) mass is 273 g/mol. The molecular formula is C16H23N3O. The quantitative estimate of drug-likeness (QED) is 0.934. The highest BCUT2D eigenvalue weighted by molar-refractivity contribution is 5.83. The first-order valence-electron chi connectivity index (χ1n) is 7.59. The second kappa shape index (κ2) is 5.83. The van der Waals surface area contributed by atoms with Crippen molar-refractivity contribution >= 4 is 10.9 Å². The van der Waals surface area contributed by atoms with Crippen LogP contribution in [-0.2, 0) is 0 Å². The maximum absolute atomic E-state index is 6.27. The van der Waals surface area contributed by atoms with Crippen molar-refractivity contribution in [1.29, 1.82) is 0 Å². The molecule has 20 heavy (non-hydrogen) atoms. The third kappa shape index (κ3) is 2.66. The van der Waals surface area contributed by atoms with Gasteiger partial charge < -0.3 is 9.64 Å². The van der Waals surface area contributed by atoms with Crippen LogP contribution in [-0.4, -0.2) is 40.8 Å². The first kappa shape index (κ1) is 13.4. The van der Waals surface area contributed by atoms with Crippen molar-refractivity contribution in [3.8, 4) is 5.75 Å². The normalized spacial score (nSPS) is 21.0. The molecule has 2 heterocycles. The minimum absolute atomic E-state index is 0.342. The summed E-state index contributed by atoms with van der Waals surface area (Å²) in [7, 11) is 0. The smallest absolute Gasteiger partial charge is 0.123 e. The highest BCUT2D eigenvalue weighted by Gasteiger charge is 2.18. The van der Waals surface area contributed by atoms with Crippen molar-refractivity contribution in [2.45, 2.75) is 39.2 Å². The molecule has 1 aromatic heterocycles. The standard InChI is InChI=1S/C16H23N3O/c1-3-19-9-4-5-13(8-10-19)20-16-7-6-15-14(12(16)2)11-17-18-15/h6-7,11,13H,3-5,8-10H2,1-2H3,(H,17,18). The molecule has 1 fully saturated rings. The number of aromatic amines is 1. The Morgan fingerprint density at radius 2 is 2.25 bits per heavy atom. The Balaban J connectivity index is 1.74. The second-order valence-electron chi connectivity index (χ2n) is 5.62. The van der Waals surface area contributed by atoms with Crippen LogP contribution in [0.5, 0.6) is 5.75 Å². The zero-order valence-electron chi connectivity index (χ0n) is 12.4. The van der Waals surface area contributed by atoms with Crippen molar-refractivity contribution in [2.24, 2.45) is 0 Å². The Bertz CT molecular complexity index is 578. The van der Waals surface area contributed by atoms with Crippen molar-refractivity contribution in [3.05, 3.63) is 23.9 Å². The van der Waals surface area contributed by atoms with Gasteiger partial charge in [0.2, 0.25) is 0 Å². The molecule has 0 amide bonds. The van der Waals surface area contributed by atoms with Crippen LogP contribution in [0.1, 0.15) is 31.7 Å². The molecule has 0 saturated carbocycles. The van der Waals surface area contributed by atoms with E-state index in [1.807, 2.05) is 6.20 Å². The third-order valence-corrected chi connectivity index (χ3v) is 4.35. The van der Waals surface area contributed by atoms with Crippen molar-refractivity contribution in [1.82, 2.24) is 15.1 Å². The first-order chi connectivity index (χ1) is 9.78. The van der Waals surface area contributed by atoms with Crippen LogP contribution in [0, 0.1) is 6.92 Å². The molecule has 1 aliphatic rings. The third-order valence-electron chi connectivity index (χ3n) is 4.35. The highest BCUT2D eigenvalue weighted by Crippen LogP contribution is 2.28. The molecule has 2 aromatic rings. The van der Waals surface area contributed by atoms with Crippen LogP contribution in [0.4, 0.5) is 0 Å². The fourth-order valence-electron chi connectivity index (χ4n) is 3.01. The van der Waals surface area contributed by atoms with E-state index in [1.54, 1.807) is 0 Å². The van der Waals surface area contributed by atoms with E-state index in [1.165, 1.54) is 18.5 Å². The van der Waals surface area contributed by atoms with Gasteiger partial charge in [0.1, 0.15) is 5.75 Å². The number of benzene rings is 1. The van der Waals surface area contributed by atoms with E-state index < -0.39 is 0 Å². The summed E-state index contributed by atoms with van der Waals surface area (Å²) < 4.78 is 6.27. The van der Waals surface area contributed by atoms with Crippen LogP contribution in [0.15, 0.2) is 18.3 Å². The van der Waals surface area contributed by atoms with E-state index in [4.69, 9.17) is 4.74 Å². The predicted octanol–water partition coefficient (Wildman–Crippen LogP) is 3.12. The molecule has 4 nitrogen and oxygen atoms in total. The predicted molar refractivity (Wildman–Crippen MR) is 81.2 cm³/mol. The lowest BCUT2D eigenvalue weighted by Crippen LogP contribution is -2.25. The van der Waals surface area contributed by atoms with Gasteiger partial charge in [-0.2, -0.15) is 5.10 Å². The fraction of sp³-hybridized carbons (Fsp3) is 0.562. The van der Waals surface area contributed by atoms with E-state index in [2.05, 4.69) is 41.1 Å². The lowest BCUT2D eigenvalue weighted by molar-refractivity contribution is 0.180. The number of nitrogens with zero attached hydrogens (tertiary/aromatic N) is 2. The number of hydrogen-bond acceptors (Lipinski definition) is 3. The molecule has 3 rings (SSSR count). The van der Waals surface area contributed by atoms with Crippen LogP contribution in [0.3, 0.4) is 0 Å². The van der Waals surface area contributed by atoms with Crippen LogP contribution in [0.2, 0.25) is 0 Å². The van der Waals surface area contributed by atoms with Gasteiger partial charge in [0.05, 0.1) is 17.8 Å². The summed E-state index contributed by atoms with van der Waals surface area (Å²) in [5.74, 6) is 1.01. The Labute approximate surface area is 120 Å².